The molecule has 0 N–H and O–H groups in total. The molecule has 0 fully saturated rings. The first-order valence-corrected chi connectivity index (χ1v) is 5.62. The van der Waals surface area contributed by atoms with Crippen molar-refractivity contribution in [2.24, 2.45) is 0 Å². The van der Waals surface area contributed by atoms with Crippen LogP contribution in [0.1, 0.15) is 5.56 Å². The summed E-state index contributed by atoms with van der Waals surface area (Å²) in [5, 5.41) is 12.6. The molecule has 0 bridgehead atoms. The maximum atomic E-state index is 8.74. The number of rotatable bonds is 2. The van der Waals surface area contributed by atoms with E-state index in [4.69, 9.17) is 9.78 Å². The van der Waals surface area contributed by atoms with Crippen LogP contribution in [0, 0.1) is 11.3 Å². The molecular formula is C14H8N4O. The molecule has 0 aliphatic rings. The van der Waals surface area contributed by atoms with Gasteiger partial charge in [0.25, 0.3) is 5.89 Å². The normalized spacial score (nSPS) is 10.1. The summed E-state index contributed by atoms with van der Waals surface area (Å²) >= 11 is 0. The average Bonchev–Trinajstić information content (AvgIpc) is 2.98. The molecule has 0 amide bonds. The minimum Gasteiger partial charge on any atom is -0.334 e. The first-order valence-electron chi connectivity index (χ1n) is 5.62. The number of hydrogen-bond acceptors (Lipinski definition) is 5. The van der Waals surface area contributed by atoms with Gasteiger partial charge in [-0.3, -0.25) is 4.98 Å². The molecule has 0 aliphatic carbocycles. The van der Waals surface area contributed by atoms with Gasteiger partial charge in [-0.15, -0.1) is 0 Å². The largest absolute Gasteiger partial charge is 0.334 e. The summed E-state index contributed by atoms with van der Waals surface area (Å²) in [6, 6.07) is 14.5. The zero-order valence-corrected chi connectivity index (χ0v) is 9.82. The molecule has 2 aromatic heterocycles. The molecular weight excluding hydrogens is 240 g/mol. The van der Waals surface area contributed by atoms with Gasteiger partial charge in [-0.1, -0.05) is 11.2 Å². The zero-order valence-electron chi connectivity index (χ0n) is 9.82. The fraction of sp³-hybridized carbons (Fsp3) is 0. The molecule has 5 heteroatoms. The highest BCUT2D eigenvalue weighted by atomic mass is 16.5. The molecule has 3 aromatic rings. The summed E-state index contributed by atoms with van der Waals surface area (Å²) in [4.78, 5) is 8.44. The molecule has 19 heavy (non-hydrogen) atoms. The minimum absolute atomic E-state index is 0.408. The highest BCUT2D eigenvalue weighted by Crippen LogP contribution is 2.21. The van der Waals surface area contributed by atoms with Crippen LogP contribution in [0.25, 0.3) is 23.0 Å². The molecule has 0 spiro atoms. The third-order valence-electron chi connectivity index (χ3n) is 2.58. The number of nitriles is 1. The van der Waals surface area contributed by atoms with Gasteiger partial charge >= 0.3 is 0 Å². The van der Waals surface area contributed by atoms with Crippen LogP contribution >= 0.6 is 0 Å². The van der Waals surface area contributed by atoms with Crippen molar-refractivity contribution in [3.05, 3.63) is 54.2 Å². The van der Waals surface area contributed by atoms with Crippen LogP contribution in [0.5, 0.6) is 0 Å². The van der Waals surface area contributed by atoms with Crippen LogP contribution in [0.2, 0.25) is 0 Å². The molecule has 3 rings (SSSR count). The Bertz CT molecular complexity index is 726. The van der Waals surface area contributed by atoms with Gasteiger partial charge < -0.3 is 4.52 Å². The standard InChI is InChI=1S/C14H8N4O/c15-9-10-4-6-11(7-5-10)14-17-13(18-19-14)12-3-1-2-8-16-12/h1-8H. The Morgan fingerprint density at radius 1 is 1.05 bits per heavy atom. The van der Waals surface area contributed by atoms with Gasteiger partial charge in [-0.2, -0.15) is 10.2 Å². The zero-order chi connectivity index (χ0) is 13.1. The van der Waals surface area contributed by atoms with Crippen LogP contribution in [0.4, 0.5) is 0 Å². The Kier molecular flexibility index (Phi) is 2.75. The van der Waals surface area contributed by atoms with Crippen molar-refractivity contribution in [2.45, 2.75) is 0 Å². The molecule has 0 unspecified atom stereocenters. The lowest BCUT2D eigenvalue weighted by Gasteiger charge is -1.93. The van der Waals surface area contributed by atoms with E-state index in [0.29, 0.717) is 23.0 Å². The monoisotopic (exact) mass is 248 g/mol. The summed E-state index contributed by atoms with van der Waals surface area (Å²) in [5.41, 5.74) is 2.02. The molecule has 1 aromatic carbocycles. The minimum atomic E-state index is 0.408. The van der Waals surface area contributed by atoms with Crippen molar-refractivity contribution >= 4 is 0 Å². The van der Waals surface area contributed by atoms with Crippen LogP contribution in [0.15, 0.2) is 53.2 Å². The Morgan fingerprint density at radius 3 is 2.58 bits per heavy atom. The Hall–Kier alpha value is -3.00. The SMILES string of the molecule is N#Cc1ccc(-c2nc(-c3ccccn3)no2)cc1. The summed E-state index contributed by atoms with van der Waals surface area (Å²) in [5.74, 6) is 0.852. The van der Waals surface area contributed by atoms with Gasteiger partial charge in [0.1, 0.15) is 5.69 Å². The Morgan fingerprint density at radius 2 is 1.89 bits per heavy atom. The molecule has 0 saturated heterocycles. The Labute approximate surface area is 109 Å². The molecule has 0 radical (unpaired) electrons. The predicted molar refractivity (Wildman–Crippen MR) is 67.7 cm³/mol. The quantitative estimate of drug-likeness (QED) is 0.696. The fourth-order valence-corrected chi connectivity index (χ4v) is 1.63. The van der Waals surface area contributed by atoms with E-state index in [9.17, 15) is 0 Å². The van der Waals surface area contributed by atoms with Gasteiger partial charge in [-0.25, -0.2) is 0 Å². The topological polar surface area (TPSA) is 75.6 Å². The van der Waals surface area contributed by atoms with Crippen LogP contribution in [-0.2, 0) is 0 Å². The van der Waals surface area contributed by atoms with E-state index in [1.165, 1.54) is 0 Å². The summed E-state index contributed by atoms with van der Waals surface area (Å²) in [7, 11) is 0. The lowest BCUT2D eigenvalue weighted by atomic mass is 10.1. The molecule has 90 valence electrons. The first kappa shape index (κ1) is 11.1. The second-order valence-electron chi connectivity index (χ2n) is 3.83. The number of nitrogens with zero attached hydrogens (tertiary/aromatic N) is 4. The number of aromatic nitrogens is 3. The Balaban J connectivity index is 1.95. The van der Waals surface area contributed by atoms with Gasteiger partial charge in [0.2, 0.25) is 5.82 Å². The summed E-state index contributed by atoms with van der Waals surface area (Å²) < 4.78 is 5.19. The maximum Gasteiger partial charge on any atom is 0.258 e. The smallest absolute Gasteiger partial charge is 0.258 e. The third-order valence-corrected chi connectivity index (χ3v) is 2.58. The number of benzene rings is 1. The van der Waals surface area contributed by atoms with Crippen molar-refractivity contribution in [1.29, 1.82) is 5.26 Å². The van der Waals surface area contributed by atoms with Crippen LogP contribution in [-0.4, -0.2) is 15.1 Å². The van der Waals surface area contributed by atoms with E-state index in [0.717, 1.165) is 5.56 Å². The van der Waals surface area contributed by atoms with Gasteiger partial charge in [0.15, 0.2) is 0 Å². The van der Waals surface area contributed by atoms with Crippen molar-refractivity contribution in [3.8, 4) is 29.0 Å². The van der Waals surface area contributed by atoms with E-state index in [1.807, 2.05) is 18.2 Å². The molecule has 0 aliphatic heterocycles. The molecule has 2 heterocycles. The van der Waals surface area contributed by atoms with Crippen molar-refractivity contribution < 1.29 is 4.52 Å². The van der Waals surface area contributed by atoms with Crippen LogP contribution in [0.3, 0.4) is 0 Å². The second kappa shape index (κ2) is 4.70. The number of pyridine rings is 1. The van der Waals surface area contributed by atoms with Gasteiger partial charge in [-0.05, 0) is 36.4 Å². The van der Waals surface area contributed by atoms with E-state index in [2.05, 4.69) is 21.2 Å². The lowest BCUT2D eigenvalue weighted by Crippen LogP contribution is -1.84. The van der Waals surface area contributed by atoms with Gasteiger partial charge in [0, 0.05) is 11.8 Å². The summed E-state index contributed by atoms with van der Waals surface area (Å²) in [6.07, 6.45) is 1.67. The molecule has 0 atom stereocenters. The van der Waals surface area contributed by atoms with Crippen LogP contribution < -0.4 is 0 Å². The number of hydrogen-bond donors (Lipinski definition) is 0. The van der Waals surface area contributed by atoms with Crippen molar-refractivity contribution in [1.82, 2.24) is 15.1 Å². The van der Waals surface area contributed by atoms with Crippen molar-refractivity contribution in [2.75, 3.05) is 0 Å². The summed E-state index contributed by atoms with van der Waals surface area (Å²) in [6.45, 7) is 0. The van der Waals surface area contributed by atoms with E-state index >= 15 is 0 Å². The van der Waals surface area contributed by atoms with Crippen molar-refractivity contribution in [3.63, 3.8) is 0 Å². The average molecular weight is 248 g/mol. The van der Waals surface area contributed by atoms with E-state index in [-0.39, 0.29) is 0 Å². The molecule has 0 saturated carbocycles. The second-order valence-corrected chi connectivity index (χ2v) is 3.83. The third kappa shape index (κ3) is 2.19. The lowest BCUT2D eigenvalue weighted by molar-refractivity contribution is 0.432. The molecule has 5 nitrogen and oxygen atoms in total. The first-order chi connectivity index (χ1) is 9.36. The highest BCUT2D eigenvalue weighted by molar-refractivity contribution is 5.58. The van der Waals surface area contributed by atoms with E-state index in [1.54, 1.807) is 30.5 Å². The van der Waals surface area contributed by atoms with E-state index < -0.39 is 0 Å². The van der Waals surface area contributed by atoms with Gasteiger partial charge in [0.05, 0.1) is 11.6 Å². The highest BCUT2D eigenvalue weighted by Gasteiger charge is 2.10. The maximum absolute atomic E-state index is 8.74. The fourth-order valence-electron chi connectivity index (χ4n) is 1.63. The predicted octanol–water partition coefficient (Wildman–Crippen LogP) is 2.67.